The van der Waals surface area contributed by atoms with E-state index in [-0.39, 0.29) is 32.5 Å². The first kappa shape index (κ1) is 17.6. The first-order chi connectivity index (χ1) is 11.9. The predicted octanol–water partition coefficient (Wildman–Crippen LogP) is 0.849. The van der Waals surface area contributed by atoms with E-state index in [1.165, 1.54) is 12.1 Å². The average molecular weight is 417 g/mol. The molecule has 0 unspecified atom stereocenters. The van der Waals surface area contributed by atoms with Crippen LogP contribution < -0.4 is 10.5 Å². The Balaban J connectivity index is 1.77. The van der Waals surface area contributed by atoms with Crippen LogP contribution in [0.15, 0.2) is 58.3 Å². The number of imide groups is 1. The van der Waals surface area contributed by atoms with Gasteiger partial charge in [0.15, 0.2) is 0 Å². The summed E-state index contributed by atoms with van der Waals surface area (Å²) in [6.07, 6.45) is 0. The molecule has 1 aliphatic heterocycles. The second-order valence-electron chi connectivity index (χ2n) is 5.40. The molecular formula is C17H14AsN2O4S. The van der Waals surface area contributed by atoms with E-state index in [0.29, 0.717) is 21.9 Å². The Morgan fingerprint density at radius 1 is 0.960 bits per heavy atom. The molecule has 3 N–H and O–H groups in total. The maximum absolute atomic E-state index is 12.1. The number of carbonyl (C=O) groups excluding carboxylic acids is 2. The Morgan fingerprint density at radius 2 is 1.60 bits per heavy atom. The van der Waals surface area contributed by atoms with Gasteiger partial charge in [-0.2, -0.15) is 0 Å². The van der Waals surface area contributed by atoms with E-state index in [1.54, 1.807) is 36.4 Å². The van der Waals surface area contributed by atoms with E-state index in [9.17, 15) is 18.0 Å². The summed E-state index contributed by atoms with van der Waals surface area (Å²) in [5.74, 6) is -0.767. The molecule has 3 rings (SSSR count). The summed E-state index contributed by atoms with van der Waals surface area (Å²) in [5, 5.41) is 8.14. The average Bonchev–Trinajstić information content (AvgIpc) is 2.57. The summed E-state index contributed by atoms with van der Waals surface area (Å²) in [7, 11) is -3.69. The topological polar surface area (TPSA) is 106 Å². The van der Waals surface area contributed by atoms with Crippen LogP contribution in [-0.2, 0) is 20.0 Å². The van der Waals surface area contributed by atoms with Crippen molar-refractivity contribution in [2.45, 2.75) is 10.1 Å². The third-order valence-corrected chi connectivity index (χ3v) is 6.68. The van der Waals surface area contributed by atoms with Crippen LogP contribution in [0.2, 0.25) is 0 Å². The number of primary sulfonamides is 1. The molecule has 25 heavy (non-hydrogen) atoms. The number of nitrogens with two attached hydrogens (primary N) is 1. The van der Waals surface area contributed by atoms with Crippen molar-refractivity contribution in [2.75, 3.05) is 0 Å². The number of hydrogen-bond donors (Lipinski definition) is 2. The molecule has 0 aromatic heterocycles. The number of nitrogens with one attached hydrogen (secondary N) is 1. The predicted molar refractivity (Wildman–Crippen MR) is 94.2 cm³/mol. The summed E-state index contributed by atoms with van der Waals surface area (Å²) >= 11 is -0.342. The van der Waals surface area contributed by atoms with Gasteiger partial charge in [0.1, 0.15) is 0 Å². The van der Waals surface area contributed by atoms with Crippen LogP contribution in [0.4, 0.5) is 0 Å². The molecule has 0 saturated carbocycles. The molecule has 2 aromatic rings. The molecular weight excluding hydrogens is 403 g/mol. The van der Waals surface area contributed by atoms with Crippen molar-refractivity contribution < 1.29 is 18.0 Å². The molecule has 0 aliphatic carbocycles. The molecule has 6 nitrogen and oxygen atoms in total. The fraction of sp³-hybridized carbons (Fsp3) is 0.0588. The Bertz CT molecular complexity index is 982. The zero-order valence-corrected chi connectivity index (χ0v) is 15.7. The van der Waals surface area contributed by atoms with Crippen LogP contribution in [0.25, 0.3) is 5.57 Å². The molecule has 0 saturated heterocycles. The number of rotatable bonds is 4. The molecule has 1 aliphatic rings. The Hall–Kier alpha value is -2.21. The normalized spacial score (nSPS) is 16.3. The number of carbonyl (C=O) groups is 2. The van der Waals surface area contributed by atoms with Crippen molar-refractivity contribution in [2.24, 2.45) is 5.14 Å². The number of fused-ring (bicyclic) bond motifs is 1. The third-order valence-electron chi connectivity index (χ3n) is 3.68. The van der Waals surface area contributed by atoms with Crippen LogP contribution in [0.1, 0.15) is 21.5 Å². The van der Waals surface area contributed by atoms with Gasteiger partial charge in [-0.05, 0) is 0 Å². The molecule has 2 aromatic carbocycles. The summed E-state index contributed by atoms with van der Waals surface area (Å²) in [4.78, 5) is 25.9. The van der Waals surface area contributed by atoms with Gasteiger partial charge < -0.3 is 0 Å². The summed E-state index contributed by atoms with van der Waals surface area (Å²) in [6.45, 7) is 0. The number of benzene rings is 2. The van der Waals surface area contributed by atoms with Gasteiger partial charge in [0, 0.05) is 0 Å². The molecule has 1 radical (unpaired) electrons. The van der Waals surface area contributed by atoms with E-state index < -0.39 is 10.0 Å². The Labute approximate surface area is 151 Å². The second kappa shape index (κ2) is 6.96. The van der Waals surface area contributed by atoms with Gasteiger partial charge >= 0.3 is 152 Å². The fourth-order valence-electron chi connectivity index (χ4n) is 2.43. The van der Waals surface area contributed by atoms with Gasteiger partial charge in [-0.1, -0.05) is 0 Å². The number of amides is 2. The van der Waals surface area contributed by atoms with E-state index in [1.807, 2.05) is 4.86 Å². The summed E-state index contributed by atoms with van der Waals surface area (Å²) in [5.41, 5.74) is 2.62. The third kappa shape index (κ3) is 3.90. The molecule has 8 heteroatoms. The molecule has 0 fully saturated rings. The van der Waals surface area contributed by atoms with Crippen molar-refractivity contribution in [1.29, 1.82) is 0 Å². The molecule has 127 valence electrons. The zero-order valence-electron chi connectivity index (χ0n) is 13.0. The van der Waals surface area contributed by atoms with Crippen molar-refractivity contribution in [3.63, 3.8) is 0 Å². The SMILES string of the molecule is NS(=O)(=O)c1ccc(C[As]C=C2C(=O)NC(=O)c3ccccc32)cc1. The zero-order chi connectivity index (χ0) is 18.0. The monoisotopic (exact) mass is 417 g/mol. The molecule has 0 atom stereocenters. The van der Waals surface area contributed by atoms with Gasteiger partial charge in [-0.15, -0.1) is 0 Å². The van der Waals surface area contributed by atoms with Gasteiger partial charge in [0.05, 0.1) is 0 Å². The van der Waals surface area contributed by atoms with Gasteiger partial charge in [-0.3, -0.25) is 0 Å². The number of hydrogen-bond acceptors (Lipinski definition) is 4. The standard InChI is InChI=1S/C17H14AsN2O4S/c19-25(23,24)12-7-5-11(6-8-12)9-18-10-15-13-3-1-2-4-14(13)16(21)20-17(15)22/h1-8,10H,9H2,(H2,19,23,24)(H,20,21,22). The first-order valence-corrected chi connectivity index (χ1v) is 11.3. The molecule has 1 heterocycles. The quantitative estimate of drug-likeness (QED) is 0.437. The first-order valence-electron chi connectivity index (χ1n) is 7.30. The van der Waals surface area contributed by atoms with E-state index >= 15 is 0 Å². The minimum atomic E-state index is -3.69. The van der Waals surface area contributed by atoms with Crippen molar-refractivity contribution >= 4 is 43.2 Å². The van der Waals surface area contributed by atoms with Crippen molar-refractivity contribution in [3.05, 3.63) is 70.1 Å². The minimum absolute atomic E-state index is 0.0740. The van der Waals surface area contributed by atoms with Crippen LogP contribution in [-0.4, -0.2) is 36.0 Å². The van der Waals surface area contributed by atoms with Gasteiger partial charge in [0.2, 0.25) is 0 Å². The van der Waals surface area contributed by atoms with Crippen molar-refractivity contribution in [1.82, 2.24) is 5.32 Å². The fourth-order valence-corrected chi connectivity index (χ4v) is 4.94. The van der Waals surface area contributed by atoms with Crippen LogP contribution in [0.5, 0.6) is 0 Å². The molecule has 0 spiro atoms. The summed E-state index contributed by atoms with van der Waals surface area (Å²) < 4.78 is 22.5. The van der Waals surface area contributed by atoms with E-state index in [4.69, 9.17) is 5.14 Å². The Morgan fingerprint density at radius 3 is 2.24 bits per heavy atom. The maximum atomic E-state index is 12.1. The van der Waals surface area contributed by atoms with Gasteiger partial charge in [0.25, 0.3) is 0 Å². The second-order valence-corrected chi connectivity index (χ2v) is 8.93. The van der Waals surface area contributed by atoms with E-state index in [2.05, 4.69) is 5.32 Å². The Kier molecular flexibility index (Phi) is 4.90. The van der Waals surface area contributed by atoms with Crippen LogP contribution >= 0.6 is 0 Å². The van der Waals surface area contributed by atoms with Crippen LogP contribution in [0, 0.1) is 0 Å². The van der Waals surface area contributed by atoms with Crippen molar-refractivity contribution in [3.8, 4) is 0 Å². The van der Waals surface area contributed by atoms with E-state index in [0.717, 1.165) is 5.56 Å². The summed E-state index contributed by atoms with van der Waals surface area (Å²) in [6, 6.07) is 13.4. The van der Waals surface area contributed by atoms with Crippen LogP contribution in [0.3, 0.4) is 0 Å². The number of sulfonamides is 1. The molecule has 0 bridgehead atoms. The van der Waals surface area contributed by atoms with Gasteiger partial charge in [-0.25, -0.2) is 0 Å². The molecule has 2 amide bonds.